The van der Waals surface area contributed by atoms with Crippen molar-refractivity contribution in [1.82, 2.24) is 4.90 Å². The molecule has 0 aromatic heterocycles. The van der Waals surface area contributed by atoms with Crippen molar-refractivity contribution < 1.29 is 19.0 Å². The fourth-order valence-corrected chi connectivity index (χ4v) is 2.97. The van der Waals surface area contributed by atoms with Crippen LogP contribution in [0.1, 0.15) is 10.4 Å². The lowest BCUT2D eigenvalue weighted by molar-refractivity contribution is -0.384. The third-order valence-electron chi connectivity index (χ3n) is 4.37. The normalized spacial score (nSPS) is 14.1. The summed E-state index contributed by atoms with van der Waals surface area (Å²) in [4.78, 5) is 36.5. The van der Waals surface area contributed by atoms with Gasteiger partial charge in [0.05, 0.1) is 15.9 Å². The molecule has 0 aliphatic carbocycles. The number of nitro groups is 2. The molecule has 10 heteroatoms. The van der Waals surface area contributed by atoms with E-state index in [4.69, 9.17) is 0 Å². The van der Waals surface area contributed by atoms with Gasteiger partial charge in [0.1, 0.15) is 11.5 Å². The number of hydrogen-bond donors (Lipinski definition) is 0. The summed E-state index contributed by atoms with van der Waals surface area (Å²) in [6.07, 6.45) is 0. The molecule has 0 atom stereocenters. The highest BCUT2D eigenvalue weighted by Gasteiger charge is 2.26. The van der Waals surface area contributed by atoms with Gasteiger partial charge in [0.25, 0.3) is 17.3 Å². The highest BCUT2D eigenvalue weighted by atomic mass is 19.1. The average molecular weight is 374 g/mol. The summed E-state index contributed by atoms with van der Waals surface area (Å²) in [6, 6.07) is 8.74. The molecule has 1 fully saturated rings. The summed E-state index contributed by atoms with van der Waals surface area (Å²) in [5.41, 5.74) is 0.232. The SMILES string of the molecule is O=C(c1ccc([N+](=O)[O-])cc1)N1CCN(c2ccc(F)cc2[N+](=O)[O-])CC1. The largest absolute Gasteiger partial charge is 0.362 e. The number of hydrogen-bond acceptors (Lipinski definition) is 6. The van der Waals surface area contributed by atoms with Crippen molar-refractivity contribution in [2.24, 2.45) is 0 Å². The zero-order valence-corrected chi connectivity index (χ0v) is 14.1. The van der Waals surface area contributed by atoms with E-state index in [0.29, 0.717) is 37.4 Å². The minimum atomic E-state index is -0.683. The maximum atomic E-state index is 13.3. The molecule has 1 aliphatic heterocycles. The third-order valence-corrected chi connectivity index (χ3v) is 4.37. The van der Waals surface area contributed by atoms with Gasteiger partial charge >= 0.3 is 0 Å². The Bertz CT molecular complexity index is 895. The van der Waals surface area contributed by atoms with E-state index in [0.717, 1.165) is 12.1 Å². The Balaban J connectivity index is 1.69. The summed E-state index contributed by atoms with van der Waals surface area (Å²) in [7, 11) is 0. The Labute approximate surface area is 152 Å². The number of benzene rings is 2. The summed E-state index contributed by atoms with van der Waals surface area (Å²) in [6.45, 7) is 1.35. The maximum Gasteiger partial charge on any atom is 0.295 e. The van der Waals surface area contributed by atoms with Crippen LogP contribution in [0.3, 0.4) is 0 Å². The van der Waals surface area contributed by atoms with Crippen molar-refractivity contribution in [2.45, 2.75) is 0 Å². The first-order valence-electron chi connectivity index (χ1n) is 8.09. The van der Waals surface area contributed by atoms with Crippen molar-refractivity contribution >= 4 is 23.0 Å². The quantitative estimate of drug-likeness (QED) is 0.601. The molecular formula is C17H15FN4O5. The number of amides is 1. The molecule has 140 valence electrons. The van der Waals surface area contributed by atoms with E-state index >= 15 is 0 Å². The second kappa shape index (κ2) is 7.36. The van der Waals surface area contributed by atoms with E-state index in [1.54, 1.807) is 9.80 Å². The van der Waals surface area contributed by atoms with E-state index in [1.807, 2.05) is 0 Å². The maximum absolute atomic E-state index is 13.3. The molecule has 1 aliphatic rings. The Morgan fingerprint density at radius 3 is 2.11 bits per heavy atom. The van der Waals surface area contributed by atoms with Gasteiger partial charge < -0.3 is 9.80 Å². The molecule has 0 N–H and O–H groups in total. The first-order chi connectivity index (χ1) is 12.9. The van der Waals surface area contributed by atoms with Crippen LogP contribution >= 0.6 is 0 Å². The molecule has 9 nitrogen and oxygen atoms in total. The van der Waals surface area contributed by atoms with E-state index in [2.05, 4.69) is 0 Å². The molecule has 1 amide bonds. The molecule has 27 heavy (non-hydrogen) atoms. The first-order valence-corrected chi connectivity index (χ1v) is 8.09. The fourth-order valence-electron chi connectivity index (χ4n) is 2.97. The molecule has 0 unspecified atom stereocenters. The van der Waals surface area contributed by atoms with Gasteiger partial charge in [-0.2, -0.15) is 0 Å². The van der Waals surface area contributed by atoms with Crippen molar-refractivity contribution in [3.8, 4) is 0 Å². The lowest BCUT2D eigenvalue weighted by Gasteiger charge is -2.35. The Hall–Kier alpha value is -3.56. The lowest BCUT2D eigenvalue weighted by Crippen LogP contribution is -2.49. The van der Waals surface area contributed by atoms with Gasteiger partial charge in [-0.25, -0.2) is 4.39 Å². The molecule has 0 bridgehead atoms. The Kier molecular flexibility index (Phi) is 4.97. The monoisotopic (exact) mass is 374 g/mol. The molecule has 2 aromatic carbocycles. The molecule has 1 heterocycles. The van der Waals surface area contributed by atoms with Gasteiger partial charge in [0.15, 0.2) is 0 Å². The number of rotatable bonds is 4. The highest BCUT2D eigenvalue weighted by Crippen LogP contribution is 2.29. The minimum Gasteiger partial charge on any atom is -0.362 e. The van der Waals surface area contributed by atoms with E-state index < -0.39 is 15.7 Å². The average Bonchev–Trinajstić information content (AvgIpc) is 2.67. The topological polar surface area (TPSA) is 110 Å². The summed E-state index contributed by atoms with van der Waals surface area (Å²) in [5, 5.41) is 21.8. The smallest absolute Gasteiger partial charge is 0.295 e. The van der Waals surface area contributed by atoms with Crippen LogP contribution in [0.15, 0.2) is 42.5 Å². The second-order valence-corrected chi connectivity index (χ2v) is 5.97. The van der Waals surface area contributed by atoms with Gasteiger partial charge in [0, 0.05) is 43.9 Å². The fraction of sp³-hybridized carbons (Fsp3) is 0.235. The highest BCUT2D eigenvalue weighted by molar-refractivity contribution is 5.94. The molecule has 0 spiro atoms. The number of non-ortho nitro benzene ring substituents is 1. The first kappa shape index (κ1) is 18.2. The molecule has 0 radical (unpaired) electrons. The second-order valence-electron chi connectivity index (χ2n) is 5.97. The zero-order valence-electron chi connectivity index (χ0n) is 14.1. The third kappa shape index (κ3) is 3.84. The zero-order chi connectivity index (χ0) is 19.6. The Morgan fingerprint density at radius 1 is 0.926 bits per heavy atom. The predicted molar refractivity (Wildman–Crippen MR) is 94.3 cm³/mol. The van der Waals surface area contributed by atoms with Crippen LogP contribution in [0.25, 0.3) is 0 Å². The van der Waals surface area contributed by atoms with Crippen molar-refractivity contribution in [3.05, 3.63) is 74.1 Å². The van der Waals surface area contributed by atoms with Crippen LogP contribution in [0.4, 0.5) is 21.5 Å². The molecule has 3 rings (SSSR count). The summed E-state index contributed by atoms with van der Waals surface area (Å²) < 4.78 is 13.3. The van der Waals surface area contributed by atoms with Crippen LogP contribution in [0, 0.1) is 26.0 Å². The molecule has 2 aromatic rings. The Morgan fingerprint density at radius 2 is 1.56 bits per heavy atom. The van der Waals surface area contributed by atoms with Crippen LogP contribution in [0.2, 0.25) is 0 Å². The van der Waals surface area contributed by atoms with Crippen LogP contribution < -0.4 is 4.90 Å². The lowest BCUT2D eigenvalue weighted by atomic mass is 10.1. The summed E-state index contributed by atoms with van der Waals surface area (Å²) in [5.74, 6) is -0.949. The van der Waals surface area contributed by atoms with E-state index in [-0.39, 0.29) is 17.3 Å². The van der Waals surface area contributed by atoms with Crippen LogP contribution in [0.5, 0.6) is 0 Å². The van der Waals surface area contributed by atoms with Gasteiger partial charge in [-0.1, -0.05) is 0 Å². The van der Waals surface area contributed by atoms with E-state index in [9.17, 15) is 29.4 Å². The van der Waals surface area contributed by atoms with Gasteiger partial charge in [-0.15, -0.1) is 0 Å². The number of halogens is 1. The van der Waals surface area contributed by atoms with Crippen LogP contribution in [-0.2, 0) is 0 Å². The van der Waals surface area contributed by atoms with Gasteiger partial charge in [0.2, 0.25) is 0 Å². The molecule has 0 saturated carbocycles. The van der Waals surface area contributed by atoms with Crippen molar-refractivity contribution in [2.75, 3.05) is 31.1 Å². The number of piperazine rings is 1. The van der Waals surface area contributed by atoms with Gasteiger partial charge in [-0.3, -0.25) is 25.0 Å². The predicted octanol–water partition coefficient (Wildman–Crippen LogP) is 2.60. The number of anilines is 1. The number of carbonyl (C=O) groups is 1. The van der Waals surface area contributed by atoms with Gasteiger partial charge in [-0.05, 0) is 24.3 Å². The van der Waals surface area contributed by atoms with E-state index in [1.165, 1.54) is 30.3 Å². The number of nitrogens with zero attached hydrogens (tertiary/aromatic N) is 4. The number of nitro benzene ring substituents is 2. The van der Waals surface area contributed by atoms with Crippen LogP contribution in [-0.4, -0.2) is 46.8 Å². The number of carbonyl (C=O) groups excluding carboxylic acids is 1. The van der Waals surface area contributed by atoms with Crippen molar-refractivity contribution in [1.29, 1.82) is 0 Å². The standard InChI is InChI=1S/C17H15FN4O5/c18-13-3-6-15(16(11-13)22(26)27)19-7-9-20(10-8-19)17(23)12-1-4-14(5-2-12)21(24)25/h1-6,11H,7-10H2. The van der Waals surface area contributed by atoms with Crippen molar-refractivity contribution in [3.63, 3.8) is 0 Å². The molecule has 1 saturated heterocycles. The minimum absolute atomic E-state index is 0.0972. The molecular weight excluding hydrogens is 359 g/mol. The summed E-state index contributed by atoms with van der Waals surface area (Å²) >= 11 is 0.